The Bertz CT molecular complexity index is 543. The van der Waals surface area contributed by atoms with Crippen LogP contribution in [0.2, 0.25) is 0 Å². The molecule has 0 aliphatic rings. The number of hydrogen-bond acceptors (Lipinski definition) is 4. The molecule has 0 saturated carbocycles. The molecule has 86 valence electrons. The number of rotatable bonds is 3. The topological polar surface area (TPSA) is 63.1 Å². The minimum absolute atomic E-state index is 0.292. The van der Waals surface area contributed by atoms with Gasteiger partial charge in [0.1, 0.15) is 5.03 Å². The van der Waals surface area contributed by atoms with Gasteiger partial charge in [0.15, 0.2) is 0 Å². The highest BCUT2D eigenvalue weighted by atomic mass is 32.2. The van der Waals surface area contributed by atoms with Gasteiger partial charge < -0.3 is 5.11 Å². The van der Waals surface area contributed by atoms with Crippen LogP contribution in [0.3, 0.4) is 0 Å². The van der Waals surface area contributed by atoms with Crippen LogP contribution in [0, 0.1) is 6.92 Å². The van der Waals surface area contributed by atoms with E-state index in [0.717, 1.165) is 5.56 Å². The summed E-state index contributed by atoms with van der Waals surface area (Å²) in [6.45, 7) is 1.86. The van der Waals surface area contributed by atoms with Crippen molar-refractivity contribution in [1.82, 2.24) is 9.97 Å². The molecule has 0 saturated heterocycles. The molecular weight excluding hydrogens is 236 g/mol. The maximum absolute atomic E-state index is 11.1. The molecule has 0 spiro atoms. The second-order valence-electron chi connectivity index (χ2n) is 3.45. The third-order valence-electron chi connectivity index (χ3n) is 2.12. The largest absolute Gasteiger partial charge is 0.478 e. The van der Waals surface area contributed by atoms with Gasteiger partial charge in [-0.05, 0) is 19.1 Å². The van der Waals surface area contributed by atoms with Gasteiger partial charge in [-0.25, -0.2) is 9.78 Å². The van der Waals surface area contributed by atoms with Crippen molar-refractivity contribution in [2.24, 2.45) is 0 Å². The van der Waals surface area contributed by atoms with E-state index in [-0.39, 0.29) is 0 Å². The molecule has 0 bridgehead atoms. The molecule has 1 aromatic heterocycles. The number of hydrogen-bond donors (Lipinski definition) is 1. The van der Waals surface area contributed by atoms with Gasteiger partial charge in [0.25, 0.3) is 0 Å². The highest BCUT2D eigenvalue weighted by Gasteiger charge is 2.11. The fraction of sp³-hybridized carbons (Fsp3) is 0.0833. The number of aryl methyl sites for hydroxylation is 1. The van der Waals surface area contributed by atoms with E-state index in [4.69, 9.17) is 5.11 Å². The standard InChI is InChI=1S/C12H10N2O2S/c1-8-2-3-10(9(6-8)12(15)16)17-11-7-13-4-5-14-11/h2-7H,1H3,(H,15,16). The van der Waals surface area contributed by atoms with Crippen molar-refractivity contribution >= 4 is 17.7 Å². The predicted molar refractivity (Wildman–Crippen MR) is 64.3 cm³/mol. The number of aromatic carboxylic acids is 1. The molecule has 0 amide bonds. The van der Waals surface area contributed by atoms with Crippen molar-refractivity contribution in [3.05, 3.63) is 47.9 Å². The quantitative estimate of drug-likeness (QED) is 0.902. The second-order valence-corrected chi connectivity index (χ2v) is 4.51. The summed E-state index contributed by atoms with van der Waals surface area (Å²) >= 11 is 1.30. The summed E-state index contributed by atoms with van der Waals surface area (Å²) in [6.07, 6.45) is 4.77. The Kier molecular flexibility index (Phi) is 3.39. The first-order valence-electron chi connectivity index (χ1n) is 4.94. The van der Waals surface area contributed by atoms with E-state index in [0.29, 0.717) is 15.5 Å². The lowest BCUT2D eigenvalue weighted by molar-refractivity contribution is 0.0693. The molecule has 5 heteroatoms. The first kappa shape index (κ1) is 11.6. The van der Waals surface area contributed by atoms with Gasteiger partial charge in [-0.1, -0.05) is 23.4 Å². The number of carboxylic acids is 1. The van der Waals surface area contributed by atoms with Crippen LogP contribution in [0.15, 0.2) is 46.7 Å². The summed E-state index contributed by atoms with van der Waals surface area (Å²) in [5.41, 5.74) is 1.21. The van der Waals surface area contributed by atoms with E-state index >= 15 is 0 Å². The Morgan fingerprint density at radius 2 is 2.18 bits per heavy atom. The van der Waals surface area contributed by atoms with Crippen molar-refractivity contribution in [3.63, 3.8) is 0 Å². The van der Waals surface area contributed by atoms with Crippen LogP contribution in [0.1, 0.15) is 15.9 Å². The zero-order chi connectivity index (χ0) is 12.3. The Hall–Kier alpha value is -1.88. The average Bonchev–Trinajstić information content (AvgIpc) is 2.32. The lowest BCUT2D eigenvalue weighted by Gasteiger charge is -2.05. The van der Waals surface area contributed by atoms with Gasteiger partial charge in [0, 0.05) is 17.3 Å². The van der Waals surface area contributed by atoms with Crippen LogP contribution in [-0.4, -0.2) is 21.0 Å². The van der Waals surface area contributed by atoms with Crippen LogP contribution in [0.5, 0.6) is 0 Å². The fourth-order valence-electron chi connectivity index (χ4n) is 1.35. The van der Waals surface area contributed by atoms with Crippen LogP contribution < -0.4 is 0 Å². The van der Waals surface area contributed by atoms with E-state index in [1.54, 1.807) is 30.7 Å². The molecule has 0 atom stereocenters. The van der Waals surface area contributed by atoms with Gasteiger partial charge in [-0.15, -0.1) is 0 Å². The summed E-state index contributed by atoms with van der Waals surface area (Å²) < 4.78 is 0. The molecular formula is C12H10N2O2S. The highest BCUT2D eigenvalue weighted by molar-refractivity contribution is 7.99. The van der Waals surface area contributed by atoms with Crippen LogP contribution in [-0.2, 0) is 0 Å². The summed E-state index contributed by atoms with van der Waals surface area (Å²) in [5.74, 6) is -0.930. The minimum Gasteiger partial charge on any atom is -0.478 e. The Labute approximate surface area is 103 Å². The first-order valence-corrected chi connectivity index (χ1v) is 5.76. The first-order chi connectivity index (χ1) is 8.16. The number of carboxylic acid groups (broad SMARTS) is 1. The normalized spacial score (nSPS) is 10.2. The number of benzene rings is 1. The van der Waals surface area contributed by atoms with Gasteiger partial charge in [-0.2, -0.15) is 0 Å². The monoisotopic (exact) mass is 246 g/mol. The zero-order valence-corrected chi connectivity index (χ0v) is 9.94. The molecule has 0 aliphatic heterocycles. The maximum atomic E-state index is 11.1. The van der Waals surface area contributed by atoms with E-state index in [2.05, 4.69) is 9.97 Å². The number of aromatic nitrogens is 2. The molecule has 17 heavy (non-hydrogen) atoms. The third kappa shape index (κ3) is 2.82. The van der Waals surface area contributed by atoms with Crippen LogP contribution in [0.4, 0.5) is 0 Å². The minimum atomic E-state index is -0.930. The van der Waals surface area contributed by atoms with Gasteiger partial charge in [-0.3, -0.25) is 4.98 Å². The smallest absolute Gasteiger partial charge is 0.336 e. The van der Waals surface area contributed by atoms with Gasteiger partial charge in [0.2, 0.25) is 0 Å². The average molecular weight is 246 g/mol. The molecule has 1 aromatic carbocycles. The molecule has 0 radical (unpaired) electrons. The van der Waals surface area contributed by atoms with Gasteiger partial charge >= 0.3 is 5.97 Å². The third-order valence-corrected chi connectivity index (χ3v) is 3.12. The second kappa shape index (κ2) is 4.97. The summed E-state index contributed by atoms with van der Waals surface area (Å²) in [4.78, 5) is 19.8. The van der Waals surface area contributed by atoms with Crippen molar-refractivity contribution in [2.75, 3.05) is 0 Å². The van der Waals surface area contributed by atoms with Crippen LogP contribution in [0.25, 0.3) is 0 Å². The highest BCUT2D eigenvalue weighted by Crippen LogP contribution is 2.29. The number of nitrogens with zero attached hydrogens (tertiary/aromatic N) is 2. The molecule has 0 aliphatic carbocycles. The van der Waals surface area contributed by atoms with Crippen molar-refractivity contribution in [2.45, 2.75) is 16.8 Å². The number of carbonyl (C=O) groups is 1. The lowest BCUT2D eigenvalue weighted by atomic mass is 10.1. The summed E-state index contributed by atoms with van der Waals surface area (Å²) in [5, 5.41) is 9.80. The molecule has 0 fully saturated rings. The SMILES string of the molecule is Cc1ccc(Sc2cnccn2)c(C(=O)O)c1. The molecule has 2 aromatic rings. The van der Waals surface area contributed by atoms with Crippen molar-refractivity contribution in [3.8, 4) is 0 Å². The predicted octanol–water partition coefficient (Wildman–Crippen LogP) is 2.63. The van der Waals surface area contributed by atoms with Crippen LogP contribution >= 0.6 is 11.8 Å². The van der Waals surface area contributed by atoms with Crippen molar-refractivity contribution in [1.29, 1.82) is 0 Å². The van der Waals surface area contributed by atoms with Gasteiger partial charge in [0.05, 0.1) is 11.8 Å². The molecule has 1 N–H and O–H groups in total. The Morgan fingerprint density at radius 1 is 1.35 bits per heavy atom. The Balaban J connectivity index is 2.36. The van der Waals surface area contributed by atoms with E-state index in [1.165, 1.54) is 11.8 Å². The Morgan fingerprint density at radius 3 is 2.82 bits per heavy atom. The molecule has 4 nitrogen and oxygen atoms in total. The molecule has 2 rings (SSSR count). The fourth-order valence-corrected chi connectivity index (χ4v) is 2.20. The van der Waals surface area contributed by atoms with E-state index in [1.807, 2.05) is 13.0 Å². The summed E-state index contributed by atoms with van der Waals surface area (Å²) in [6, 6.07) is 5.32. The maximum Gasteiger partial charge on any atom is 0.336 e. The lowest BCUT2D eigenvalue weighted by Crippen LogP contribution is -1.99. The zero-order valence-electron chi connectivity index (χ0n) is 9.12. The van der Waals surface area contributed by atoms with Crippen molar-refractivity contribution < 1.29 is 9.90 Å². The van der Waals surface area contributed by atoms with E-state index in [9.17, 15) is 4.79 Å². The van der Waals surface area contributed by atoms with E-state index < -0.39 is 5.97 Å². The summed E-state index contributed by atoms with van der Waals surface area (Å²) in [7, 11) is 0. The molecule has 1 heterocycles. The molecule has 0 unspecified atom stereocenters.